The van der Waals surface area contributed by atoms with E-state index in [2.05, 4.69) is 5.32 Å². The van der Waals surface area contributed by atoms with Crippen LogP contribution in [0.5, 0.6) is 0 Å². The van der Waals surface area contributed by atoms with Crippen LogP contribution >= 0.6 is 0 Å². The van der Waals surface area contributed by atoms with Gasteiger partial charge in [0.05, 0.1) is 6.42 Å². The van der Waals surface area contributed by atoms with Crippen molar-refractivity contribution >= 4 is 18.0 Å². The highest BCUT2D eigenvalue weighted by Gasteiger charge is 2.45. The highest BCUT2D eigenvalue weighted by molar-refractivity contribution is 5.82. The Morgan fingerprint density at radius 1 is 1.00 bits per heavy atom. The summed E-state index contributed by atoms with van der Waals surface area (Å²) < 4.78 is 45.8. The van der Waals surface area contributed by atoms with E-state index >= 15 is 0 Å². The van der Waals surface area contributed by atoms with Gasteiger partial charge < -0.3 is 20.5 Å². The fourth-order valence-electron chi connectivity index (χ4n) is 4.12. The standard InChI is InChI=1S/C25H27F3N2O5/c1-14(2)21(11-22(31)32)30-23(33)20(25(26,27)28)12-29-24(34)35-13-19-17-9-5-3-7-15(17)16-8-4-6-10-18(16)19/h3-10,14,19-21H,11-13H2,1-2H3,(H,29,34)(H,30,33)(H,31,32). The first kappa shape index (κ1) is 26.1. The van der Waals surface area contributed by atoms with Crippen LogP contribution in [0.25, 0.3) is 11.1 Å². The number of ether oxygens (including phenoxy) is 1. The summed E-state index contributed by atoms with van der Waals surface area (Å²) in [6, 6.07) is 14.3. The van der Waals surface area contributed by atoms with E-state index in [9.17, 15) is 27.6 Å². The smallest absolute Gasteiger partial charge is 0.407 e. The molecule has 2 unspecified atom stereocenters. The van der Waals surface area contributed by atoms with E-state index in [0.29, 0.717) is 0 Å². The molecule has 3 N–H and O–H groups in total. The summed E-state index contributed by atoms with van der Waals surface area (Å²) in [5, 5.41) is 13.1. The second kappa shape index (κ2) is 10.8. The lowest BCUT2D eigenvalue weighted by Gasteiger charge is -2.25. The Kier molecular flexibility index (Phi) is 8.03. The second-order valence-corrected chi connectivity index (χ2v) is 8.76. The van der Waals surface area contributed by atoms with E-state index in [4.69, 9.17) is 9.84 Å². The SMILES string of the molecule is CC(C)C(CC(=O)O)NC(=O)C(CNC(=O)OCC1c2ccccc2-c2ccccc21)C(F)(F)F. The quantitative estimate of drug-likeness (QED) is 0.484. The molecule has 0 radical (unpaired) electrons. The van der Waals surface area contributed by atoms with Crippen LogP contribution in [0.3, 0.4) is 0 Å². The maximum Gasteiger partial charge on any atom is 0.407 e. The predicted molar refractivity (Wildman–Crippen MR) is 122 cm³/mol. The fourth-order valence-corrected chi connectivity index (χ4v) is 4.12. The number of rotatable bonds is 9. The van der Waals surface area contributed by atoms with E-state index < -0.39 is 55.0 Å². The third-order valence-electron chi connectivity index (χ3n) is 6.03. The molecule has 3 rings (SSSR count). The number of alkyl carbamates (subject to hydrolysis) is 1. The van der Waals surface area contributed by atoms with Gasteiger partial charge >= 0.3 is 18.2 Å². The third-order valence-corrected chi connectivity index (χ3v) is 6.03. The van der Waals surface area contributed by atoms with Crippen molar-refractivity contribution in [2.75, 3.05) is 13.2 Å². The van der Waals surface area contributed by atoms with Gasteiger partial charge in [-0.2, -0.15) is 13.2 Å². The Hall–Kier alpha value is -3.56. The van der Waals surface area contributed by atoms with Crippen LogP contribution < -0.4 is 10.6 Å². The van der Waals surface area contributed by atoms with Crippen LogP contribution in [0.15, 0.2) is 48.5 Å². The molecule has 1 aliphatic rings. The van der Waals surface area contributed by atoms with Crippen molar-refractivity contribution in [1.82, 2.24) is 10.6 Å². The number of carbonyl (C=O) groups excluding carboxylic acids is 2. The van der Waals surface area contributed by atoms with Crippen LogP contribution in [0, 0.1) is 11.8 Å². The lowest BCUT2D eigenvalue weighted by molar-refractivity contribution is -0.181. The Bertz CT molecular complexity index is 1040. The van der Waals surface area contributed by atoms with Crippen molar-refractivity contribution in [1.29, 1.82) is 0 Å². The van der Waals surface area contributed by atoms with Gasteiger partial charge in [-0.25, -0.2) is 4.79 Å². The molecule has 0 spiro atoms. The van der Waals surface area contributed by atoms with Crippen LogP contribution in [-0.2, 0) is 14.3 Å². The van der Waals surface area contributed by atoms with Crippen molar-refractivity contribution in [3.05, 3.63) is 59.7 Å². The highest BCUT2D eigenvalue weighted by Crippen LogP contribution is 2.44. The van der Waals surface area contributed by atoms with Gasteiger partial charge in [0.15, 0.2) is 5.92 Å². The Morgan fingerprint density at radius 3 is 2.03 bits per heavy atom. The molecule has 0 saturated carbocycles. The number of hydrogen-bond acceptors (Lipinski definition) is 4. The molecular formula is C25H27F3N2O5. The van der Waals surface area contributed by atoms with Crippen molar-refractivity contribution < 1.29 is 37.4 Å². The summed E-state index contributed by atoms with van der Waals surface area (Å²) >= 11 is 0. The first-order chi connectivity index (χ1) is 16.5. The number of benzene rings is 2. The Morgan fingerprint density at radius 2 is 1.54 bits per heavy atom. The first-order valence-electron chi connectivity index (χ1n) is 11.2. The first-order valence-corrected chi connectivity index (χ1v) is 11.2. The number of alkyl halides is 3. The minimum absolute atomic E-state index is 0.0865. The van der Waals surface area contributed by atoms with Crippen LogP contribution in [0.1, 0.15) is 37.3 Å². The predicted octanol–water partition coefficient (Wildman–Crippen LogP) is 4.32. The van der Waals surface area contributed by atoms with Gasteiger partial charge in [0.25, 0.3) is 0 Å². The lowest BCUT2D eigenvalue weighted by atomic mass is 9.98. The number of fused-ring (bicyclic) bond motifs is 3. The molecule has 2 amide bonds. The van der Waals surface area contributed by atoms with Crippen LogP contribution in [-0.4, -0.2) is 48.4 Å². The highest BCUT2D eigenvalue weighted by atomic mass is 19.4. The van der Waals surface area contributed by atoms with Crippen molar-refractivity contribution in [3.8, 4) is 11.1 Å². The Balaban J connectivity index is 1.62. The number of nitrogens with one attached hydrogen (secondary N) is 2. The van der Waals surface area contributed by atoms with Gasteiger partial charge in [-0.15, -0.1) is 0 Å². The van der Waals surface area contributed by atoms with Crippen molar-refractivity contribution in [3.63, 3.8) is 0 Å². The molecule has 0 bridgehead atoms. The van der Waals surface area contributed by atoms with Gasteiger partial charge in [-0.05, 0) is 28.2 Å². The minimum Gasteiger partial charge on any atom is -0.481 e. The largest absolute Gasteiger partial charge is 0.481 e. The zero-order valence-electron chi connectivity index (χ0n) is 19.3. The van der Waals surface area contributed by atoms with E-state index in [1.54, 1.807) is 13.8 Å². The van der Waals surface area contributed by atoms with Crippen molar-refractivity contribution in [2.45, 2.75) is 38.4 Å². The molecule has 2 atom stereocenters. The summed E-state index contributed by atoms with van der Waals surface area (Å²) in [5.74, 6) is -5.88. The molecular weight excluding hydrogens is 465 g/mol. The molecule has 35 heavy (non-hydrogen) atoms. The summed E-state index contributed by atoms with van der Waals surface area (Å²) in [6.45, 7) is 2.05. The lowest BCUT2D eigenvalue weighted by Crippen LogP contribution is -2.50. The summed E-state index contributed by atoms with van der Waals surface area (Å²) in [4.78, 5) is 35.5. The molecule has 0 fully saturated rings. The number of carboxylic acid groups (broad SMARTS) is 1. The fraction of sp³-hybridized carbons (Fsp3) is 0.400. The number of carboxylic acids is 1. The average Bonchev–Trinajstić information content (AvgIpc) is 3.10. The molecule has 10 heteroatoms. The van der Waals surface area contributed by atoms with Crippen LogP contribution in [0.4, 0.5) is 18.0 Å². The van der Waals surface area contributed by atoms with Crippen molar-refractivity contribution in [2.24, 2.45) is 11.8 Å². The molecule has 0 saturated heterocycles. The average molecular weight is 492 g/mol. The molecule has 2 aromatic rings. The monoisotopic (exact) mass is 492 g/mol. The summed E-state index contributed by atoms with van der Waals surface area (Å²) in [5.41, 5.74) is 3.92. The van der Waals surface area contributed by atoms with E-state index in [0.717, 1.165) is 22.3 Å². The van der Waals surface area contributed by atoms with E-state index in [-0.39, 0.29) is 12.5 Å². The van der Waals surface area contributed by atoms with Gasteiger partial charge in [-0.3, -0.25) is 9.59 Å². The van der Waals surface area contributed by atoms with Gasteiger partial charge in [0, 0.05) is 18.5 Å². The van der Waals surface area contributed by atoms with Gasteiger partial charge in [0.1, 0.15) is 6.61 Å². The summed E-state index contributed by atoms with van der Waals surface area (Å²) in [7, 11) is 0. The second-order valence-electron chi connectivity index (χ2n) is 8.76. The van der Waals surface area contributed by atoms with E-state index in [1.807, 2.05) is 53.8 Å². The normalized spacial score (nSPS) is 14.6. The van der Waals surface area contributed by atoms with Crippen LogP contribution in [0.2, 0.25) is 0 Å². The van der Waals surface area contributed by atoms with E-state index in [1.165, 1.54) is 0 Å². The molecule has 2 aromatic carbocycles. The minimum atomic E-state index is -4.95. The molecule has 188 valence electrons. The number of hydrogen-bond donors (Lipinski definition) is 3. The third kappa shape index (κ3) is 6.32. The number of halogens is 3. The topological polar surface area (TPSA) is 105 Å². The molecule has 1 aliphatic carbocycles. The molecule has 0 aromatic heterocycles. The zero-order valence-corrected chi connectivity index (χ0v) is 19.3. The summed E-state index contributed by atoms with van der Waals surface area (Å²) in [6.07, 6.45) is -6.56. The molecule has 0 heterocycles. The molecule has 7 nitrogen and oxygen atoms in total. The maximum atomic E-state index is 13.5. The van der Waals surface area contributed by atoms with Gasteiger partial charge in [-0.1, -0.05) is 62.4 Å². The number of aliphatic carboxylic acids is 1. The number of amides is 2. The number of carbonyl (C=O) groups is 3. The Labute approximate surface area is 200 Å². The zero-order chi connectivity index (χ0) is 25.8. The maximum absolute atomic E-state index is 13.5. The van der Waals surface area contributed by atoms with Gasteiger partial charge in [0.2, 0.25) is 5.91 Å². The molecule has 0 aliphatic heterocycles.